The first kappa shape index (κ1) is 12.2. The second kappa shape index (κ2) is 5.39. The second-order valence-corrected chi connectivity index (χ2v) is 3.76. The average Bonchev–Trinajstić information content (AvgIpc) is 2.43. The highest BCUT2D eigenvalue weighted by Gasteiger charge is 2.27. The normalized spacial score (nSPS) is 16.8. The quantitative estimate of drug-likeness (QED) is 0.744. The van der Waals surface area contributed by atoms with Crippen LogP contribution in [0, 0.1) is 0 Å². The zero-order valence-electron chi connectivity index (χ0n) is 9.93. The lowest BCUT2D eigenvalue weighted by Crippen LogP contribution is -2.50. The predicted octanol–water partition coefficient (Wildman–Crippen LogP) is 0.384. The third-order valence-corrected chi connectivity index (χ3v) is 2.45. The Balaban J connectivity index is 1.92. The van der Waals surface area contributed by atoms with Crippen LogP contribution in [0.5, 0.6) is 11.5 Å². The minimum Gasteiger partial charge on any atom is -0.485 e. The van der Waals surface area contributed by atoms with Gasteiger partial charge in [-0.1, -0.05) is 19.1 Å². The maximum absolute atomic E-state index is 11.7. The van der Waals surface area contributed by atoms with Crippen molar-refractivity contribution in [2.45, 2.75) is 19.4 Å². The number of benzene rings is 1. The molecule has 0 saturated heterocycles. The molecule has 1 atom stereocenters. The Morgan fingerprint density at radius 1 is 1.28 bits per heavy atom. The van der Waals surface area contributed by atoms with Gasteiger partial charge in [-0.3, -0.25) is 20.4 Å². The predicted molar refractivity (Wildman–Crippen MR) is 62.9 cm³/mol. The summed E-state index contributed by atoms with van der Waals surface area (Å²) in [5.41, 5.74) is 4.57. The van der Waals surface area contributed by atoms with E-state index in [9.17, 15) is 9.59 Å². The van der Waals surface area contributed by atoms with E-state index >= 15 is 0 Å². The number of hydrazine groups is 1. The third-order valence-electron chi connectivity index (χ3n) is 2.45. The molecule has 6 nitrogen and oxygen atoms in total. The molecule has 2 rings (SSSR count). The van der Waals surface area contributed by atoms with Gasteiger partial charge < -0.3 is 9.47 Å². The first-order valence-corrected chi connectivity index (χ1v) is 5.68. The summed E-state index contributed by atoms with van der Waals surface area (Å²) >= 11 is 0. The van der Waals surface area contributed by atoms with Crippen molar-refractivity contribution in [3.05, 3.63) is 24.3 Å². The molecular formula is C12H14N2O4. The molecule has 0 saturated carbocycles. The maximum atomic E-state index is 11.7. The molecule has 18 heavy (non-hydrogen) atoms. The van der Waals surface area contributed by atoms with Crippen LogP contribution in [0.15, 0.2) is 24.3 Å². The van der Waals surface area contributed by atoms with Gasteiger partial charge in [0.05, 0.1) is 0 Å². The lowest BCUT2D eigenvalue weighted by atomic mass is 10.2. The Labute approximate surface area is 104 Å². The molecule has 1 heterocycles. The van der Waals surface area contributed by atoms with E-state index in [1.807, 2.05) is 6.07 Å². The summed E-state index contributed by atoms with van der Waals surface area (Å²) in [7, 11) is 0. The molecule has 1 unspecified atom stereocenters. The Morgan fingerprint density at radius 3 is 2.72 bits per heavy atom. The molecule has 0 fully saturated rings. The number of para-hydroxylation sites is 2. The summed E-state index contributed by atoms with van der Waals surface area (Å²) in [4.78, 5) is 22.7. The zero-order chi connectivity index (χ0) is 13.0. The molecule has 1 aliphatic heterocycles. The fraction of sp³-hybridized carbons (Fsp3) is 0.333. The van der Waals surface area contributed by atoms with Gasteiger partial charge in [0, 0.05) is 6.42 Å². The number of fused-ring (bicyclic) bond motifs is 1. The van der Waals surface area contributed by atoms with Crippen molar-refractivity contribution in [2.75, 3.05) is 6.61 Å². The summed E-state index contributed by atoms with van der Waals surface area (Å²) in [6, 6.07) is 7.10. The third kappa shape index (κ3) is 2.71. The molecule has 1 aromatic rings. The van der Waals surface area contributed by atoms with Gasteiger partial charge in [0.25, 0.3) is 5.91 Å². The van der Waals surface area contributed by atoms with Gasteiger partial charge in [-0.15, -0.1) is 0 Å². The number of hydrogen-bond donors (Lipinski definition) is 2. The molecule has 96 valence electrons. The maximum Gasteiger partial charge on any atom is 0.283 e. The minimum atomic E-state index is -0.767. The van der Waals surface area contributed by atoms with Crippen LogP contribution in [0.2, 0.25) is 0 Å². The van der Waals surface area contributed by atoms with E-state index in [2.05, 4.69) is 10.9 Å². The zero-order valence-corrected chi connectivity index (χ0v) is 9.93. The second-order valence-electron chi connectivity index (χ2n) is 3.76. The van der Waals surface area contributed by atoms with E-state index in [4.69, 9.17) is 9.47 Å². The van der Waals surface area contributed by atoms with Crippen LogP contribution < -0.4 is 20.3 Å². The lowest BCUT2D eigenvalue weighted by Gasteiger charge is -2.25. The van der Waals surface area contributed by atoms with Gasteiger partial charge in [-0.25, -0.2) is 0 Å². The number of ether oxygens (including phenoxy) is 2. The number of carbonyl (C=O) groups excluding carboxylic acids is 2. The van der Waals surface area contributed by atoms with Gasteiger partial charge in [0.1, 0.15) is 6.61 Å². The number of carbonyl (C=O) groups is 2. The molecule has 0 aliphatic carbocycles. The molecular weight excluding hydrogens is 236 g/mol. The molecule has 2 amide bonds. The summed E-state index contributed by atoms with van der Waals surface area (Å²) in [6.07, 6.45) is -0.470. The van der Waals surface area contributed by atoms with Crippen LogP contribution in [0.1, 0.15) is 13.3 Å². The molecule has 0 aromatic heterocycles. The molecule has 2 N–H and O–H groups in total. The van der Waals surface area contributed by atoms with E-state index in [0.717, 1.165) is 0 Å². The van der Waals surface area contributed by atoms with Crippen molar-refractivity contribution in [1.82, 2.24) is 10.9 Å². The van der Waals surface area contributed by atoms with Gasteiger partial charge in [-0.2, -0.15) is 0 Å². The Kier molecular flexibility index (Phi) is 3.66. The van der Waals surface area contributed by atoms with Crippen LogP contribution >= 0.6 is 0 Å². The van der Waals surface area contributed by atoms with Crippen LogP contribution in [0.3, 0.4) is 0 Å². The van der Waals surface area contributed by atoms with E-state index in [1.54, 1.807) is 25.1 Å². The number of nitrogens with one attached hydrogen (secondary N) is 2. The highest BCUT2D eigenvalue weighted by Crippen LogP contribution is 2.30. The molecule has 1 aliphatic rings. The Hall–Kier alpha value is -2.24. The van der Waals surface area contributed by atoms with Gasteiger partial charge in [-0.05, 0) is 12.1 Å². The fourth-order valence-corrected chi connectivity index (χ4v) is 1.45. The van der Waals surface area contributed by atoms with Crippen LogP contribution in [0.25, 0.3) is 0 Å². The first-order chi connectivity index (χ1) is 8.70. The van der Waals surface area contributed by atoms with E-state index < -0.39 is 12.0 Å². The topological polar surface area (TPSA) is 76.7 Å². The average molecular weight is 250 g/mol. The van der Waals surface area contributed by atoms with E-state index in [-0.39, 0.29) is 12.5 Å². The van der Waals surface area contributed by atoms with Crippen molar-refractivity contribution in [2.24, 2.45) is 0 Å². The van der Waals surface area contributed by atoms with Crippen molar-refractivity contribution < 1.29 is 19.1 Å². The molecule has 6 heteroatoms. The summed E-state index contributed by atoms with van der Waals surface area (Å²) in [5.74, 6) is 0.427. The SMILES string of the molecule is CCC(=O)NNC(=O)C1COc2ccccc2O1. The van der Waals surface area contributed by atoms with Crippen LogP contribution in [0.4, 0.5) is 0 Å². The number of rotatable bonds is 2. The summed E-state index contributed by atoms with van der Waals surface area (Å²) in [6.45, 7) is 1.81. The van der Waals surface area contributed by atoms with Gasteiger partial charge in [0.2, 0.25) is 12.0 Å². The van der Waals surface area contributed by atoms with Crippen molar-refractivity contribution in [1.29, 1.82) is 0 Å². The van der Waals surface area contributed by atoms with Gasteiger partial charge in [0.15, 0.2) is 11.5 Å². The minimum absolute atomic E-state index is 0.116. The van der Waals surface area contributed by atoms with E-state index in [0.29, 0.717) is 17.9 Å². The Morgan fingerprint density at radius 2 is 2.00 bits per heavy atom. The summed E-state index contributed by atoms with van der Waals surface area (Å²) < 4.78 is 10.9. The molecule has 0 radical (unpaired) electrons. The van der Waals surface area contributed by atoms with E-state index in [1.165, 1.54) is 0 Å². The fourth-order valence-electron chi connectivity index (χ4n) is 1.45. The van der Waals surface area contributed by atoms with Crippen molar-refractivity contribution >= 4 is 11.8 Å². The standard InChI is InChI=1S/C12H14N2O4/c1-2-11(15)13-14-12(16)10-7-17-8-5-3-4-6-9(8)18-10/h3-6,10H,2,7H2,1H3,(H,13,15)(H,14,16). The van der Waals surface area contributed by atoms with Crippen molar-refractivity contribution in [3.8, 4) is 11.5 Å². The smallest absolute Gasteiger partial charge is 0.283 e. The summed E-state index contributed by atoms with van der Waals surface area (Å²) in [5, 5.41) is 0. The van der Waals surface area contributed by atoms with Crippen molar-refractivity contribution in [3.63, 3.8) is 0 Å². The van der Waals surface area contributed by atoms with Crippen LogP contribution in [-0.4, -0.2) is 24.5 Å². The largest absolute Gasteiger partial charge is 0.485 e. The first-order valence-electron chi connectivity index (χ1n) is 5.68. The molecule has 1 aromatic carbocycles. The molecule has 0 bridgehead atoms. The monoisotopic (exact) mass is 250 g/mol. The Bertz CT molecular complexity index is 461. The number of amides is 2. The van der Waals surface area contributed by atoms with Gasteiger partial charge >= 0.3 is 0 Å². The molecule has 0 spiro atoms. The van der Waals surface area contributed by atoms with Crippen LogP contribution in [-0.2, 0) is 9.59 Å². The highest BCUT2D eigenvalue weighted by atomic mass is 16.6. The highest BCUT2D eigenvalue weighted by molar-refractivity contribution is 5.85. The number of hydrogen-bond acceptors (Lipinski definition) is 4. The lowest BCUT2D eigenvalue weighted by molar-refractivity contribution is -0.135.